The van der Waals surface area contributed by atoms with E-state index in [1.165, 1.54) is 0 Å². The summed E-state index contributed by atoms with van der Waals surface area (Å²) in [5.41, 5.74) is 2.20. The Bertz CT molecular complexity index is 677. The molecule has 2 aromatic rings. The summed E-state index contributed by atoms with van der Waals surface area (Å²) in [5, 5.41) is 9.60. The fourth-order valence-corrected chi connectivity index (χ4v) is 3.35. The number of nitrogens with zero attached hydrogens (tertiary/aromatic N) is 3. The highest BCUT2D eigenvalue weighted by Gasteiger charge is 2.36. The molecule has 2 aromatic heterocycles. The molecule has 22 heavy (non-hydrogen) atoms. The van der Waals surface area contributed by atoms with Crippen molar-refractivity contribution in [3.8, 4) is 6.07 Å². The van der Waals surface area contributed by atoms with Crippen molar-refractivity contribution >= 4 is 16.9 Å². The quantitative estimate of drug-likeness (QED) is 0.915. The molecule has 3 heterocycles. The largest absolute Gasteiger partial charge is 0.383 e. The molecule has 1 saturated heterocycles. The number of aromatic amines is 1. The first-order valence-corrected chi connectivity index (χ1v) is 7.43. The van der Waals surface area contributed by atoms with E-state index in [1.807, 2.05) is 12.1 Å². The Morgan fingerprint density at radius 1 is 1.32 bits per heavy atom. The molecule has 3 rings (SSSR count). The Kier molecular flexibility index (Phi) is 4.27. The highest BCUT2D eigenvalue weighted by atomic mass is 16.5. The number of ether oxygens (including phenoxy) is 2. The minimum atomic E-state index is 0.241. The van der Waals surface area contributed by atoms with Crippen LogP contribution in [0.2, 0.25) is 0 Å². The Balaban J connectivity index is 2.07. The smallest absolute Gasteiger partial charge is 0.127 e. The van der Waals surface area contributed by atoms with Crippen LogP contribution in [0, 0.1) is 11.3 Å². The Morgan fingerprint density at radius 2 is 2.00 bits per heavy atom. The molecule has 2 atom stereocenters. The van der Waals surface area contributed by atoms with Gasteiger partial charge in [-0.25, -0.2) is 0 Å². The number of nitriles is 1. The SMILES string of the molecule is COCC1CC[C@@H](COC)N1c1[nH]c2cccnc2c1C#N. The van der Waals surface area contributed by atoms with Gasteiger partial charge in [-0.3, -0.25) is 4.98 Å². The van der Waals surface area contributed by atoms with E-state index >= 15 is 0 Å². The van der Waals surface area contributed by atoms with Crippen molar-refractivity contribution in [1.82, 2.24) is 9.97 Å². The van der Waals surface area contributed by atoms with E-state index in [4.69, 9.17) is 9.47 Å². The highest BCUT2D eigenvalue weighted by Crippen LogP contribution is 2.35. The lowest BCUT2D eigenvalue weighted by Crippen LogP contribution is -2.41. The molecular formula is C16H20N4O2. The van der Waals surface area contributed by atoms with Crippen LogP contribution < -0.4 is 4.90 Å². The van der Waals surface area contributed by atoms with Gasteiger partial charge in [0.25, 0.3) is 0 Å². The van der Waals surface area contributed by atoms with Crippen LogP contribution in [0.15, 0.2) is 18.3 Å². The molecule has 0 radical (unpaired) electrons. The summed E-state index contributed by atoms with van der Waals surface area (Å²) >= 11 is 0. The van der Waals surface area contributed by atoms with Crippen molar-refractivity contribution in [3.63, 3.8) is 0 Å². The number of aromatic nitrogens is 2. The first-order chi connectivity index (χ1) is 10.8. The van der Waals surface area contributed by atoms with Crippen LogP contribution in [-0.2, 0) is 9.47 Å². The summed E-state index contributed by atoms with van der Waals surface area (Å²) in [4.78, 5) is 9.95. The summed E-state index contributed by atoms with van der Waals surface area (Å²) < 4.78 is 10.7. The van der Waals surface area contributed by atoms with E-state index in [9.17, 15) is 5.26 Å². The van der Waals surface area contributed by atoms with Crippen LogP contribution in [0.1, 0.15) is 18.4 Å². The lowest BCUT2D eigenvalue weighted by atomic mass is 10.2. The first-order valence-electron chi connectivity index (χ1n) is 7.43. The van der Waals surface area contributed by atoms with Crippen LogP contribution in [0.4, 0.5) is 5.82 Å². The van der Waals surface area contributed by atoms with Crippen molar-refractivity contribution in [1.29, 1.82) is 5.26 Å². The molecule has 0 aromatic carbocycles. The third-order valence-electron chi connectivity index (χ3n) is 4.24. The van der Waals surface area contributed by atoms with Gasteiger partial charge in [0.1, 0.15) is 23.0 Å². The third kappa shape index (κ3) is 2.43. The number of anilines is 1. The third-order valence-corrected chi connectivity index (χ3v) is 4.24. The van der Waals surface area contributed by atoms with Gasteiger partial charge in [-0.15, -0.1) is 0 Å². The van der Waals surface area contributed by atoms with Crippen molar-refractivity contribution in [2.24, 2.45) is 0 Å². The van der Waals surface area contributed by atoms with E-state index in [0.29, 0.717) is 18.8 Å². The number of fused-ring (bicyclic) bond motifs is 1. The minimum Gasteiger partial charge on any atom is -0.383 e. The number of nitrogens with one attached hydrogen (secondary N) is 1. The maximum Gasteiger partial charge on any atom is 0.127 e. The number of methoxy groups -OCH3 is 2. The summed E-state index contributed by atoms with van der Waals surface area (Å²) in [7, 11) is 3.42. The molecule has 1 N–H and O–H groups in total. The molecule has 0 saturated carbocycles. The average molecular weight is 300 g/mol. The second-order valence-electron chi connectivity index (χ2n) is 5.56. The maximum absolute atomic E-state index is 9.60. The van der Waals surface area contributed by atoms with E-state index in [0.717, 1.165) is 29.7 Å². The fraction of sp³-hybridized carbons (Fsp3) is 0.500. The predicted octanol–water partition coefficient (Wildman–Crippen LogP) is 2.06. The van der Waals surface area contributed by atoms with Gasteiger partial charge in [-0.05, 0) is 25.0 Å². The first kappa shape index (κ1) is 14.8. The van der Waals surface area contributed by atoms with Gasteiger partial charge in [0.05, 0.1) is 30.8 Å². The average Bonchev–Trinajstić information content (AvgIpc) is 3.08. The van der Waals surface area contributed by atoms with Crippen molar-refractivity contribution in [2.45, 2.75) is 24.9 Å². The van der Waals surface area contributed by atoms with Gasteiger partial charge < -0.3 is 19.4 Å². The van der Waals surface area contributed by atoms with Crippen LogP contribution in [0.25, 0.3) is 11.0 Å². The zero-order chi connectivity index (χ0) is 15.5. The highest BCUT2D eigenvalue weighted by molar-refractivity contribution is 5.88. The van der Waals surface area contributed by atoms with E-state index in [-0.39, 0.29) is 12.1 Å². The van der Waals surface area contributed by atoms with E-state index in [1.54, 1.807) is 20.4 Å². The topological polar surface area (TPSA) is 74.2 Å². The van der Waals surface area contributed by atoms with Gasteiger partial charge >= 0.3 is 0 Å². The number of pyridine rings is 1. The van der Waals surface area contributed by atoms with Gasteiger partial charge in [0.2, 0.25) is 0 Å². The van der Waals surface area contributed by atoms with E-state index in [2.05, 4.69) is 20.9 Å². The van der Waals surface area contributed by atoms with Gasteiger partial charge in [-0.2, -0.15) is 5.26 Å². The fourth-order valence-electron chi connectivity index (χ4n) is 3.35. The normalized spacial score (nSPS) is 21.4. The summed E-state index contributed by atoms with van der Waals surface area (Å²) in [6.45, 7) is 1.27. The molecule has 1 aliphatic rings. The minimum absolute atomic E-state index is 0.241. The second-order valence-corrected chi connectivity index (χ2v) is 5.56. The van der Waals surface area contributed by atoms with Crippen molar-refractivity contribution < 1.29 is 9.47 Å². The number of rotatable bonds is 5. The van der Waals surface area contributed by atoms with Crippen LogP contribution >= 0.6 is 0 Å². The molecular weight excluding hydrogens is 280 g/mol. The second kappa shape index (κ2) is 6.34. The molecule has 6 nitrogen and oxygen atoms in total. The van der Waals surface area contributed by atoms with Gasteiger partial charge in [-0.1, -0.05) is 0 Å². The molecule has 1 aliphatic heterocycles. The summed E-state index contributed by atoms with van der Waals surface area (Å²) in [5.74, 6) is 0.831. The molecule has 0 bridgehead atoms. The van der Waals surface area contributed by atoms with Crippen LogP contribution in [0.3, 0.4) is 0 Å². The standard InChI is InChI=1S/C16H20N4O2/c1-21-9-11-5-6-12(10-22-2)20(11)16-13(8-17)15-14(19-16)4-3-7-18-15/h3-4,7,11-12,19H,5-6,9-10H2,1-2H3/t11-,12?/m0/s1. The molecule has 0 spiro atoms. The van der Waals surface area contributed by atoms with Crippen molar-refractivity contribution in [3.05, 3.63) is 23.9 Å². The van der Waals surface area contributed by atoms with Crippen molar-refractivity contribution in [2.75, 3.05) is 32.3 Å². The Morgan fingerprint density at radius 3 is 2.59 bits per heavy atom. The predicted molar refractivity (Wildman–Crippen MR) is 83.8 cm³/mol. The summed E-state index contributed by atoms with van der Waals surface area (Å²) in [6, 6.07) is 6.60. The molecule has 6 heteroatoms. The molecule has 116 valence electrons. The number of hydrogen-bond acceptors (Lipinski definition) is 5. The molecule has 1 fully saturated rings. The Hall–Kier alpha value is -2.10. The molecule has 1 unspecified atom stereocenters. The van der Waals surface area contributed by atoms with Crippen LogP contribution in [0.5, 0.6) is 0 Å². The lowest BCUT2D eigenvalue weighted by Gasteiger charge is -2.31. The zero-order valence-electron chi connectivity index (χ0n) is 12.9. The summed E-state index contributed by atoms with van der Waals surface area (Å²) in [6.07, 6.45) is 3.76. The van der Waals surface area contributed by atoms with Gasteiger partial charge in [0, 0.05) is 20.4 Å². The number of hydrogen-bond donors (Lipinski definition) is 1. The molecule has 0 amide bonds. The lowest BCUT2D eigenvalue weighted by molar-refractivity contribution is 0.167. The van der Waals surface area contributed by atoms with Crippen LogP contribution in [-0.4, -0.2) is 49.5 Å². The zero-order valence-corrected chi connectivity index (χ0v) is 12.9. The van der Waals surface area contributed by atoms with E-state index < -0.39 is 0 Å². The number of H-pyrrole nitrogens is 1. The van der Waals surface area contributed by atoms with Gasteiger partial charge in [0.15, 0.2) is 0 Å². The maximum atomic E-state index is 9.60. The monoisotopic (exact) mass is 300 g/mol. The molecule has 0 aliphatic carbocycles. The Labute approximate surface area is 129 Å².